The number of anilines is 1. The van der Waals surface area contributed by atoms with Crippen LogP contribution in [0.3, 0.4) is 0 Å². The number of nitrogens with one attached hydrogen (secondary N) is 3. The summed E-state index contributed by atoms with van der Waals surface area (Å²) in [6, 6.07) is 9.99. The molecular formula is C32H48N6O4S. The van der Waals surface area contributed by atoms with Crippen LogP contribution < -0.4 is 16.0 Å². The van der Waals surface area contributed by atoms with Gasteiger partial charge in [0, 0.05) is 12.6 Å². The lowest BCUT2D eigenvalue weighted by Crippen LogP contribution is -2.45. The molecule has 1 saturated heterocycles. The molecule has 2 unspecified atom stereocenters. The van der Waals surface area contributed by atoms with Gasteiger partial charge in [-0.25, -0.2) is 9.97 Å². The summed E-state index contributed by atoms with van der Waals surface area (Å²) >= 11 is 1.53. The monoisotopic (exact) mass is 612 g/mol. The van der Waals surface area contributed by atoms with Crippen LogP contribution in [0.15, 0.2) is 47.2 Å². The summed E-state index contributed by atoms with van der Waals surface area (Å²) in [6.07, 6.45) is 13.1. The Morgan fingerprint density at radius 1 is 1.09 bits per heavy atom. The van der Waals surface area contributed by atoms with Crippen molar-refractivity contribution in [2.45, 2.75) is 70.9 Å². The molecule has 11 heteroatoms. The first-order chi connectivity index (χ1) is 21.0. The van der Waals surface area contributed by atoms with Crippen LogP contribution in [-0.4, -0.2) is 79.7 Å². The molecule has 2 aromatic heterocycles. The third-order valence-electron chi connectivity index (χ3n) is 7.22. The van der Waals surface area contributed by atoms with Gasteiger partial charge >= 0.3 is 0 Å². The number of amides is 1. The molecule has 1 aliphatic carbocycles. The zero-order chi connectivity index (χ0) is 31.5. The van der Waals surface area contributed by atoms with Crippen molar-refractivity contribution in [3.05, 3.63) is 42.8 Å². The minimum absolute atomic E-state index is 0.0971. The van der Waals surface area contributed by atoms with Gasteiger partial charge in [0.05, 0.1) is 24.8 Å². The smallest absolute Gasteiger partial charge is 0.255 e. The van der Waals surface area contributed by atoms with Gasteiger partial charge in [0.1, 0.15) is 29.5 Å². The van der Waals surface area contributed by atoms with Gasteiger partial charge in [-0.3, -0.25) is 9.69 Å². The normalized spacial score (nSPS) is 17.1. The van der Waals surface area contributed by atoms with E-state index >= 15 is 0 Å². The van der Waals surface area contributed by atoms with Crippen LogP contribution in [0.2, 0.25) is 0 Å². The molecule has 3 heterocycles. The van der Waals surface area contributed by atoms with E-state index < -0.39 is 0 Å². The number of rotatable bonds is 9. The zero-order valence-corrected chi connectivity index (χ0v) is 27.0. The molecule has 1 aliphatic heterocycles. The highest BCUT2D eigenvalue weighted by molar-refractivity contribution is 7.19. The molecule has 0 spiro atoms. The highest BCUT2D eigenvalue weighted by Crippen LogP contribution is 2.36. The molecule has 0 radical (unpaired) electrons. The topological polar surface area (TPSA) is 129 Å². The molecule has 236 valence electrons. The summed E-state index contributed by atoms with van der Waals surface area (Å²) in [6.45, 7) is 5.36. The highest BCUT2D eigenvalue weighted by atomic mass is 32.1. The molecule has 1 aromatic carbocycles. The Balaban J connectivity index is 0.000000233. The van der Waals surface area contributed by atoms with Crippen molar-refractivity contribution in [2.24, 2.45) is 5.92 Å². The van der Waals surface area contributed by atoms with Crippen LogP contribution in [0.5, 0.6) is 0 Å². The molecule has 1 amide bonds. The van der Waals surface area contributed by atoms with Crippen molar-refractivity contribution in [1.29, 1.82) is 0 Å². The van der Waals surface area contributed by atoms with Crippen molar-refractivity contribution in [3.63, 3.8) is 0 Å². The van der Waals surface area contributed by atoms with Gasteiger partial charge in [-0.05, 0) is 52.2 Å². The SMILES string of the molecule is CC.CN1CCCC1C=O.CNCC(=O)NC(C=O)C1CCCCC1.CNc1sc(-c2ncco2)nc1-c1ccccc1. The molecule has 3 aromatic rings. The number of carbonyl (C=O) groups is 3. The summed E-state index contributed by atoms with van der Waals surface area (Å²) in [5.74, 6) is 0.802. The van der Waals surface area contributed by atoms with Gasteiger partial charge in [-0.1, -0.05) is 74.8 Å². The van der Waals surface area contributed by atoms with E-state index in [0.717, 1.165) is 59.6 Å². The summed E-state index contributed by atoms with van der Waals surface area (Å²) in [5, 5.41) is 10.5. The first-order valence-corrected chi connectivity index (χ1v) is 16.0. The number of likely N-dealkylation sites (N-methyl/N-ethyl adjacent to an activating group) is 2. The third kappa shape index (κ3) is 11.7. The van der Waals surface area contributed by atoms with E-state index in [2.05, 4.69) is 30.8 Å². The number of benzene rings is 1. The molecule has 3 N–H and O–H groups in total. The number of aromatic nitrogens is 2. The van der Waals surface area contributed by atoms with Crippen LogP contribution in [0.25, 0.3) is 22.2 Å². The van der Waals surface area contributed by atoms with E-state index in [1.165, 1.54) is 37.0 Å². The lowest BCUT2D eigenvalue weighted by Gasteiger charge is -2.27. The molecule has 2 aliphatic rings. The first-order valence-electron chi connectivity index (χ1n) is 15.2. The lowest BCUT2D eigenvalue weighted by atomic mass is 9.84. The molecule has 0 bridgehead atoms. The Morgan fingerprint density at radius 2 is 1.81 bits per heavy atom. The van der Waals surface area contributed by atoms with Gasteiger partial charge in [-0.2, -0.15) is 0 Å². The number of carbonyl (C=O) groups excluding carboxylic acids is 3. The van der Waals surface area contributed by atoms with Gasteiger partial charge in [-0.15, -0.1) is 0 Å². The molecule has 5 rings (SSSR count). The molecule has 1 saturated carbocycles. The first kappa shape index (κ1) is 35.8. The third-order valence-corrected chi connectivity index (χ3v) is 8.28. The van der Waals surface area contributed by atoms with Crippen molar-refractivity contribution < 1.29 is 18.8 Å². The summed E-state index contributed by atoms with van der Waals surface area (Å²) in [4.78, 5) is 43.2. The number of likely N-dealkylation sites (tertiary alicyclic amines) is 1. The molecule has 43 heavy (non-hydrogen) atoms. The number of nitrogens with zero attached hydrogens (tertiary/aromatic N) is 3. The van der Waals surface area contributed by atoms with Crippen LogP contribution >= 0.6 is 11.3 Å². The standard InChI is InChI=1S/C13H11N3OS.C11H20N2O2.C6H11NO.C2H6/c1-14-12-10(9-5-3-2-4-6-9)16-13(18-12)11-15-7-8-17-11;1-12-7-11(15)13-10(8-14)9-5-3-2-4-6-9;1-7-4-2-3-6(7)5-8;1-2/h2-8,14H,1H3;8-10,12H,2-7H2,1H3,(H,13,15);5-6H,2-4H2,1H3;1-2H3. The Hall–Kier alpha value is -3.41. The maximum absolute atomic E-state index is 11.3. The number of hydrogen-bond acceptors (Lipinski definition) is 10. The largest absolute Gasteiger partial charge is 0.443 e. The fraction of sp³-hybridized carbons (Fsp3) is 0.531. The van der Waals surface area contributed by atoms with E-state index in [1.54, 1.807) is 19.5 Å². The van der Waals surface area contributed by atoms with E-state index in [0.29, 0.717) is 11.8 Å². The molecule has 2 fully saturated rings. The summed E-state index contributed by atoms with van der Waals surface area (Å²) in [7, 11) is 5.60. The van der Waals surface area contributed by atoms with Crippen LogP contribution in [0.4, 0.5) is 5.00 Å². The maximum atomic E-state index is 11.3. The number of hydrogen-bond donors (Lipinski definition) is 3. The van der Waals surface area contributed by atoms with Crippen LogP contribution in [-0.2, 0) is 14.4 Å². The van der Waals surface area contributed by atoms with Crippen LogP contribution in [0, 0.1) is 5.92 Å². The quantitative estimate of drug-likeness (QED) is 0.276. The van der Waals surface area contributed by atoms with E-state index in [4.69, 9.17) is 4.42 Å². The van der Waals surface area contributed by atoms with E-state index in [1.807, 2.05) is 58.3 Å². The molecular weight excluding hydrogens is 564 g/mol. The average molecular weight is 613 g/mol. The number of aldehydes is 2. The van der Waals surface area contributed by atoms with Crippen molar-refractivity contribution >= 4 is 34.8 Å². The Morgan fingerprint density at radius 3 is 2.33 bits per heavy atom. The Labute approximate surface area is 260 Å². The number of oxazole rings is 1. The van der Waals surface area contributed by atoms with Crippen molar-refractivity contribution in [3.8, 4) is 22.2 Å². The van der Waals surface area contributed by atoms with Crippen LogP contribution in [0.1, 0.15) is 58.8 Å². The minimum Gasteiger partial charge on any atom is -0.443 e. The lowest BCUT2D eigenvalue weighted by molar-refractivity contribution is -0.124. The van der Waals surface area contributed by atoms with Crippen molar-refractivity contribution in [1.82, 2.24) is 25.5 Å². The maximum Gasteiger partial charge on any atom is 0.255 e. The predicted octanol–water partition coefficient (Wildman–Crippen LogP) is 5.28. The second-order valence-corrected chi connectivity index (χ2v) is 11.1. The second kappa shape index (κ2) is 20.5. The Kier molecular flexibility index (Phi) is 17.0. The predicted molar refractivity (Wildman–Crippen MR) is 174 cm³/mol. The van der Waals surface area contributed by atoms with Gasteiger partial charge in [0.2, 0.25) is 5.91 Å². The zero-order valence-electron chi connectivity index (χ0n) is 26.2. The van der Waals surface area contributed by atoms with E-state index in [-0.39, 0.29) is 24.5 Å². The van der Waals surface area contributed by atoms with Gasteiger partial charge < -0.3 is 30.0 Å². The highest BCUT2D eigenvalue weighted by Gasteiger charge is 2.24. The van der Waals surface area contributed by atoms with Gasteiger partial charge in [0.15, 0.2) is 5.01 Å². The molecule has 2 atom stereocenters. The minimum atomic E-state index is -0.286. The van der Waals surface area contributed by atoms with E-state index in [9.17, 15) is 14.4 Å². The second-order valence-electron chi connectivity index (χ2n) is 10.1. The fourth-order valence-electron chi connectivity index (χ4n) is 4.96. The summed E-state index contributed by atoms with van der Waals surface area (Å²) in [5.41, 5.74) is 2.01. The average Bonchev–Trinajstić information content (AvgIpc) is 3.84. The van der Waals surface area contributed by atoms with Crippen molar-refractivity contribution in [2.75, 3.05) is 39.5 Å². The fourth-order valence-corrected chi connectivity index (χ4v) is 5.84. The molecule has 10 nitrogen and oxygen atoms in total. The summed E-state index contributed by atoms with van der Waals surface area (Å²) < 4.78 is 5.28. The number of thiazole rings is 1. The van der Waals surface area contributed by atoms with Gasteiger partial charge in [0.25, 0.3) is 5.89 Å². The Bertz CT molecular complexity index is 1180.